The maximum Gasteiger partial charge on any atom is 0.170 e. The molecule has 0 saturated heterocycles. The lowest BCUT2D eigenvalue weighted by molar-refractivity contribution is 0.667. The Balaban J connectivity index is 1.21. The smallest absolute Gasteiger partial charge is 0.170 e. The quantitative estimate of drug-likeness (QED) is 0.230. The SMILES string of the molecule is c1ccc(C2=NC(c3cccc4oc5cc(-c6cccc7c6oc6ccccc67)ccc5c34)N=C(c3ccccc3)N2)cc1. The van der Waals surface area contributed by atoms with Crippen molar-refractivity contribution in [3.05, 3.63) is 156 Å². The minimum absolute atomic E-state index is 0.449. The molecule has 8 aromatic rings. The molecule has 0 spiro atoms. The van der Waals surface area contributed by atoms with Crippen LogP contribution in [0.3, 0.4) is 0 Å². The van der Waals surface area contributed by atoms with Gasteiger partial charge in [-0.1, -0.05) is 115 Å². The first-order chi connectivity index (χ1) is 21.8. The third kappa shape index (κ3) is 3.94. The lowest BCUT2D eigenvalue weighted by Gasteiger charge is -2.22. The van der Waals surface area contributed by atoms with Crippen molar-refractivity contribution in [2.24, 2.45) is 9.98 Å². The van der Waals surface area contributed by atoms with Gasteiger partial charge in [0.05, 0.1) is 0 Å². The molecule has 1 aliphatic rings. The Morgan fingerprint density at radius 1 is 0.477 bits per heavy atom. The van der Waals surface area contributed by atoms with Gasteiger partial charge in [-0.15, -0.1) is 0 Å². The normalized spacial score (nSPS) is 13.8. The summed E-state index contributed by atoms with van der Waals surface area (Å²) in [7, 11) is 0. The maximum atomic E-state index is 6.50. The Morgan fingerprint density at radius 2 is 1.14 bits per heavy atom. The van der Waals surface area contributed by atoms with E-state index in [-0.39, 0.29) is 0 Å². The highest BCUT2D eigenvalue weighted by Crippen LogP contribution is 2.40. The van der Waals surface area contributed by atoms with Crippen LogP contribution in [0.4, 0.5) is 0 Å². The van der Waals surface area contributed by atoms with Gasteiger partial charge in [0.1, 0.15) is 34.0 Å². The molecule has 44 heavy (non-hydrogen) atoms. The molecule has 5 heteroatoms. The second kappa shape index (κ2) is 9.82. The molecule has 0 aliphatic carbocycles. The molecule has 0 unspecified atom stereocenters. The van der Waals surface area contributed by atoms with E-state index < -0.39 is 6.17 Å². The third-order valence-corrected chi connectivity index (χ3v) is 8.36. The molecule has 0 fully saturated rings. The summed E-state index contributed by atoms with van der Waals surface area (Å²) in [6, 6.07) is 47.4. The highest BCUT2D eigenvalue weighted by Gasteiger charge is 2.24. The van der Waals surface area contributed by atoms with E-state index in [1.54, 1.807) is 0 Å². The van der Waals surface area contributed by atoms with Crippen molar-refractivity contribution in [1.29, 1.82) is 0 Å². The number of nitrogens with zero attached hydrogens (tertiary/aromatic N) is 2. The minimum Gasteiger partial charge on any atom is -0.456 e. The van der Waals surface area contributed by atoms with Crippen LogP contribution in [0.25, 0.3) is 55.0 Å². The lowest BCUT2D eigenvalue weighted by Crippen LogP contribution is -2.36. The highest BCUT2D eigenvalue weighted by atomic mass is 16.3. The number of hydrogen-bond acceptors (Lipinski definition) is 5. The number of rotatable bonds is 4. The van der Waals surface area contributed by atoms with E-state index in [9.17, 15) is 0 Å². The molecule has 0 bridgehead atoms. The van der Waals surface area contributed by atoms with Gasteiger partial charge in [0, 0.05) is 43.8 Å². The molecule has 6 aromatic carbocycles. The van der Waals surface area contributed by atoms with Crippen LogP contribution in [-0.4, -0.2) is 11.7 Å². The Morgan fingerprint density at radius 3 is 1.91 bits per heavy atom. The summed E-state index contributed by atoms with van der Waals surface area (Å²) >= 11 is 0. The Labute approximate surface area is 252 Å². The predicted molar refractivity (Wildman–Crippen MR) is 178 cm³/mol. The van der Waals surface area contributed by atoms with Gasteiger partial charge in [-0.2, -0.15) is 0 Å². The molecule has 0 amide bonds. The van der Waals surface area contributed by atoms with Crippen LogP contribution in [0, 0.1) is 0 Å². The van der Waals surface area contributed by atoms with Crippen LogP contribution in [0.5, 0.6) is 0 Å². The lowest BCUT2D eigenvalue weighted by atomic mass is 9.99. The third-order valence-electron chi connectivity index (χ3n) is 8.36. The molecular weight excluding hydrogens is 542 g/mol. The molecule has 9 rings (SSSR count). The molecule has 0 atom stereocenters. The fourth-order valence-corrected chi connectivity index (χ4v) is 6.29. The second-order valence-corrected chi connectivity index (χ2v) is 11.0. The summed E-state index contributed by atoms with van der Waals surface area (Å²) in [6.07, 6.45) is -0.449. The number of benzene rings is 6. The van der Waals surface area contributed by atoms with Crippen LogP contribution >= 0.6 is 0 Å². The van der Waals surface area contributed by atoms with Crippen LogP contribution in [0.2, 0.25) is 0 Å². The molecule has 208 valence electrons. The van der Waals surface area contributed by atoms with Gasteiger partial charge in [0.2, 0.25) is 0 Å². The molecule has 3 heterocycles. The predicted octanol–water partition coefficient (Wildman–Crippen LogP) is 9.65. The van der Waals surface area contributed by atoms with E-state index in [0.29, 0.717) is 0 Å². The zero-order valence-electron chi connectivity index (χ0n) is 23.6. The van der Waals surface area contributed by atoms with Crippen molar-refractivity contribution in [3.63, 3.8) is 0 Å². The van der Waals surface area contributed by atoms with E-state index in [1.165, 1.54) is 0 Å². The van der Waals surface area contributed by atoms with Crippen LogP contribution in [-0.2, 0) is 0 Å². The van der Waals surface area contributed by atoms with E-state index in [0.717, 1.165) is 83.4 Å². The van der Waals surface area contributed by atoms with Gasteiger partial charge in [0.15, 0.2) is 6.17 Å². The van der Waals surface area contributed by atoms with Crippen molar-refractivity contribution in [2.45, 2.75) is 6.17 Å². The standard InChI is InChI=1S/C39H25N3O2/c1-3-11-24(12-4-1)37-40-38(25-13-5-2-6-14-25)42-39(41-37)31-18-10-20-33-35(31)30-22-21-26(23-34(30)43-33)27-16-9-17-29-28-15-7-8-19-32(28)44-36(27)29/h1-23,39H,(H,40,41,42). The molecule has 2 aromatic heterocycles. The topological polar surface area (TPSA) is 63.0 Å². The molecule has 1 N–H and O–H groups in total. The van der Waals surface area contributed by atoms with E-state index in [1.807, 2.05) is 66.7 Å². The van der Waals surface area contributed by atoms with Gasteiger partial charge >= 0.3 is 0 Å². The number of nitrogens with one attached hydrogen (secondary N) is 1. The summed E-state index contributed by atoms with van der Waals surface area (Å²) in [5, 5.41) is 7.76. The van der Waals surface area contributed by atoms with E-state index >= 15 is 0 Å². The van der Waals surface area contributed by atoms with Crippen LogP contribution in [0.15, 0.2) is 158 Å². The van der Waals surface area contributed by atoms with Crippen molar-refractivity contribution in [3.8, 4) is 11.1 Å². The van der Waals surface area contributed by atoms with Crippen molar-refractivity contribution in [2.75, 3.05) is 0 Å². The maximum absolute atomic E-state index is 6.50. The minimum atomic E-state index is -0.449. The number of amidine groups is 2. The zero-order chi connectivity index (χ0) is 29.0. The Hall–Kier alpha value is -5.94. The number of fused-ring (bicyclic) bond motifs is 6. The molecule has 5 nitrogen and oxygen atoms in total. The Bertz CT molecular complexity index is 2360. The van der Waals surface area contributed by atoms with E-state index in [2.05, 4.69) is 78.1 Å². The molecule has 1 aliphatic heterocycles. The van der Waals surface area contributed by atoms with Gasteiger partial charge in [-0.25, -0.2) is 9.98 Å². The largest absolute Gasteiger partial charge is 0.456 e. The van der Waals surface area contributed by atoms with E-state index in [4.69, 9.17) is 18.8 Å². The number of hydrogen-bond donors (Lipinski definition) is 1. The average Bonchev–Trinajstić information content (AvgIpc) is 3.67. The van der Waals surface area contributed by atoms with Crippen molar-refractivity contribution < 1.29 is 8.83 Å². The molecule has 0 saturated carbocycles. The van der Waals surface area contributed by atoms with Gasteiger partial charge in [-0.3, -0.25) is 0 Å². The number of furan rings is 2. The van der Waals surface area contributed by atoms with Gasteiger partial charge in [-0.05, 0) is 29.8 Å². The summed E-state index contributed by atoms with van der Waals surface area (Å²) in [5.41, 5.74) is 8.48. The zero-order valence-corrected chi connectivity index (χ0v) is 23.6. The first-order valence-corrected chi connectivity index (χ1v) is 14.7. The highest BCUT2D eigenvalue weighted by molar-refractivity contribution is 6.16. The number of para-hydroxylation sites is 2. The summed E-state index contributed by atoms with van der Waals surface area (Å²) < 4.78 is 12.8. The first-order valence-electron chi connectivity index (χ1n) is 14.7. The summed E-state index contributed by atoms with van der Waals surface area (Å²) in [5.74, 6) is 1.57. The second-order valence-electron chi connectivity index (χ2n) is 11.0. The average molecular weight is 568 g/mol. The summed E-state index contributed by atoms with van der Waals surface area (Å²) in [6.45, 7) is 0. The fraction of sp³-hybridized carbons (Fsp3) is 0.0256. The van der Waals surface area contributed by atoms with Crippen molar-refractivity contribution in [1.82, 2.24) is 5.32 Å². The monoisotopic (exact) mass is 567 g/mol. The number of aliphatic imine (C=N–C) groups is 2. The molecule has 0 radical (unpaired) electrons. The van der Waals surface area contributed by atoms with Gasteiger partial charge < -0.3 is 14.2 Å². The van der Waals surface area contributed by atoms with Crippen molar-refractivity contribution >= 4 is 55.5 Å². The van der Waals surface area contributed by atoms with Gasteiger partial charge in [0.25, 0.3) is 0 Å². The molecular formula is C39H25N3O2. The first kappa shape index (κ1) is 24.6. The fourth-order valence-electron chi connectivity index (χ4n) is 6.29. The summed E-state index contributed by atoms with van der Waals surface area (Å²) in [4.78, 5) is 10.2. The van der Waals surface area contributed by atoms with Crippen LogP contribution < -0.4 is 5.32 Å². The van der Waals surface area contributed by atoms with Crippen LogP contribution in [0.1, 0.15) is 22.9 Å². The Kier molecular flexibility index (Phi) is 5.50.